The van der Waals surface area contributed by atoms with Crippen molar-refractivity contribution in [1.82, 2.24) is 15.0 Å². The molecule has 0 saturated carbocycles. The van der Waals surface area contributed by atoms with Gasteiger partial charge in [0.05, 0.1) is 12.6 Å². The van der Waals surface area contributed by atoms with E-state index in [2.05, 4.69) is 26.2 Å². The van der Waals surface area contributed by atoms with Gasteiger partial charge in [-0.1, -0.05) is 5.92 Å². The van der Waals surface area contributed by atoms with Gasteiger partial charge in [0.25, 0.3) is 0 Å². The summed E-state index contributed by atoms with van der Waals surface area (Å²) >= 11 is 5.67. The van der Waals surface area contributed by atoms with Crippen molar-refractivity contribution in [1.29, 1.82) is 0 Å². The summed E-state index contributed by atoms with van der Waals surface area (Å²) in [4.78, 5) is 11.6. The lowest BCUT2D eigenvalue weighted by atomic mass is 10.1. The van der Waals surface area contributed by atoms with Crippen molar-refractivity contribution in [3.63, 3.8) is 0 Å². The number of hydrogen-bond acceptors (Lipinski definition) is 5. The van der Waals surface area contributed by atoms with Gasteiger partial charge >= 0.3 is 6.01 Å². The van der Waals surface area contributed by atoms with Crippen LogP contribution in [0.15, 0.2) is 0 Å². The third-order valence-corrected chi connectivity index (χ3v) is 1.72. The number of nitrogens with one attached hydrogen (secondary N) is 1. The molecular weight excluding hydrogens is 216 g/mol. The fourth-order valence-corrected chi connectivity index (χ4v) is 0.947. The molecule has 1 N–H and O–H groups in total. The Kier molecular flexibility index (Phi) is 3.32. The molecule has 0 unspecified atom stereocenters. The fourth-order valence-electron chi connectivity index (χ4n) is 0.795. The molecule has 0 fully saturated rings. The molecule has 0 atom stereocenters. The van der Waals surface area contributed by atoms with E-state index in [4.69, 9.17) is 22.8 Å². The number of anilines is 1. The van der Waals surface area contributed by atoms with Crippen LogP contribution in [0.25, 0.3) is 0 Å². The maximum atomic E-state index is 5.67. The number of methoxy groups -OCH3 is 1. The van der Waals surface area contributed by atoms with Gasteiger partial charge in [0.15, 0.2) is 0 Å². The predicted molar refractivity (Wildman–Crippen MR) is 57.9 cm³/mol. The van der Waals surface area contributed by atoms with Crippen LogP contribution in [0.4, 0.5) is 5.95 Å². The molecular formula is C9H11ClN4O. The second-order valence-corrected chi connectivity index (χ2v) is 3.65. The highest BCUT2D eigenvalue weighted by Gasteiger charge is 2.16. The second-order valence-electron chi connectivity index (χ2n) is 3.31. The Morgan fingerprint density at radius 2 is 2.07 bits per heavy atom. The largest absolute Gasteiger partial charge is 0.467 e. The molecule has 1 aromatic rings. The summed E-state index contributed by atoms with van der Waals surface area (Å²) in [6.45, 7) is 3.63. The average Bonchev–Trinajstić information content (AvgIpc) is 2.16. The maximum absolute atomic E-state index is 5.67. The lowest BCUT2D eigenvalue weighted by Crippen LogP contribution is -2.29. The maximum Gasteiger partial charge on any atom is 0.322 e. The third-order valence-electron chi connectivity index (χ3n) is 1.56. The summed E-state index contributed by atoms with van der Waals surface area (Å²) in [6, 6.07) is 0.144. The molecule has 15 heavy (non-hydrogen) atoms. The number of hydrogen-bond donors (Lipinski definition) is 1. The molecule has 6 heteroatoms. The molecule has 0 radical (unpaired) electrons. The summed E-state index contributed by atoms with van der Waals surface area (Å²) in [5.41, 5.74) is -0.560. The number of ether oxygens (including phenoxy) is 1. The first-order valence-electron chi connectivity index (χ1n) is 4.18. The van der Waals surface area contributed by atoms with Crippen LogP contribution in [-0.4, -0.2) is 27.6 Å². The lowest BCUT2D eigenvalue weighted by molar-refractivity contribution is 0.378. The van der Waals surface area contributed by atoms with Crippen LogP contribution in [0.5, 0.6) is 6.01 Å². The Balaban J connectivity index is 2.96. The lowest BCUT2D eigenvalue weighted by Gasteiger charge is -2.19. The van der Waals surface area contributed by atoms with Crippen molar-refractivity contribution in [3.8, 4) is 18.4 Å². The van der Waals surface area contributed by atoms with Crippen LogP contribution >= 0.6 is 11.6 Å². The minimum atomic E-state index is -0.560. The fraction of sp³-hybridized carbons (Fsp3) is 0.444. The van der Waals surface area contributed by atoms with Gasteiger partial charge in [-0.3, -0.25) is 0 Å². The van der Waals surface area contributed by atoms with Crippen LogP contribution in [0.2, 0.25) is 5.28 Å². The van der Waals surface area contributed by atoms with E-state index in [-0.39, 0.29) is 17.2 Å². The highest BCUT2D eigenvalue weighted by atomic mass is 35.5. The van der Waals surface area contributed by atoms with Gasteiger partial charge in [-0.25, -0.2) is 0 Å². The zero-order valence-corrected chi connectivity index (χ0v) is 9.46. The van der Waals surface area contributed by atoms with Gasteiger partial charge in [-0.2, -0.15) is 15.0 Å². The zero-order valence-electron chi connectivity index (χ0n) is 8.71. The van der Waals surface area contributed by atoms with E-state index in [1.165, 1.54) is 7.11 Å². The summed E-state index contributed by atoms with van der Waals surface area (Å²) in [5.74, 6) is 2.84. The first-order chi connectivity index (χ1) is 6.96. The Morgan fingerprint density at radius 3 is 2.60 bits per heavy atom. The van der Waals surface area contributed by atoms with Gasteiger partial charge in [0, 0.05) is 0 Å². The molecule has 0 spiro atoms. The van der Waals surface area contributed by atoms with E-state index in [1.807, 2.05) is 13.8 Å². The third kappa shape index (κ3) is 3.26. The number of halogens is 1. The minimum Gasteiger partial charge on any atom is -0.467 e. The van der Waals surface area contributed by atoms with E-state index in [0.717, 1.165) is 0 Å². The summed E-state index contributed by atoms with van der Waals surface area (Å²) in [5, 5.41) is 2.97. The van der Waals surface area contributed by atoms with Crippen molar-refractivity contribution in [2.24, 2.45) is 0 Å². The number of nitrogens with zero attached hydrogens (tertiary/aromatic N) is 3. The van der Waals surface area contributed by atoms with Gasteiger partial charge in [-0.05, 0) is 25.4 Å². The molecule has 0 amide bonds. The van der Waals surface area contributed by atoms with Crippen molar-refractivity contribution in [2.75, 3.05) is 12.4 Å². The molecule has 1 rings (SSSR count). The Bertz CT molecular complexity index is 400. The number of aromatic nitrogens is 3. The van der Waals surface area contributed by atoms with Crippen LogP contribution in [0.3, 0.4) is 0 Å². The number of terminal acetylenes is 1. The molecule has 0 aliphatic carbocycles. The smallest absolute Gasteiger partial charge is 0.322 e. The Morgan fingerprint density at radius 1 is 1.40 bits per heavy atom. The molecule has 80 valence electrons. The first-order valence-corrected chi connectivity index (χ1v) is 4.56. The molecule has 1 aromatic heterocycles. The summed E-state index contributed by atoms with van der Waals surface area (Å²) in [7, 11) is 1.45. The monoisotopic (exact) mass is 226 g/mol. The Hall–Kier alpha value is -1.54. The van der Waals surface area contributed by atoms with E-state index in [1.54, 1.807) is 0 Å². The molecule has 1 heterocycles. The van der Waals surface area contributed by atoms with Crippen LogP contribution < -0.4 is 10.1 Å². The molecule has 0 aliphatic heterocycles. The molecule has 0 saturated heterocycles. The Labute approximate surface area is 93.2 Å². The zero-order chi connectivity index (χ0) is 11.5. The molecule has 0 aliphatic rings. The predicted octanol–water partition coefficient (Wildman–Crippen LogP) is 1.36. The standard InChI is InChI=1S/C9H11ClN4O/c1-5-9(2,3)14-7-11-6(10)12-8(13-7)15-4/h1H,2-4H3,(H,11,12,13,14). The van der Waals surface area contributed by atoms with Crippen LogP contribution in [-0.2, 0) is 0 Å². The van der Waals surface area contributed by atoms with Gasteiger partial charge in [-0.15, -0.1) is 6.42 Å². The van der Waals surface area contributed by atoms with Crippen LogP contribution in [0.1, 0.15) is 13.8 Å². The van der Waals surface area contributed by atoms with Gasteiger partial charge in [0.2, 0.25) is 11.2 Å². The van der Waals surface area contributed by atoms with Gasteiger partial charge < -0.3 is 10.1 Å². The van der Waals surface area contributed by atoms with E-state index in [9.17, 15) is 0 Å². The summed E-state index contributed by atoms with van der Waals surface area (Å²) in [6.07, 6.45) is 5.31. The van der Waals surface area contributed by atoms with Crippen molar-refractivity contribution in [2.45, 2.75) is 19.4 Å². The topological polar surface area (TPSA) is 59.9 Å². The SMILES string of the molecule is C#CC(C)(C)Nc1nc(Cl)nc(OC)n1. The van der Waals surface area contributed by atoms with Crippen molar-refractivity contribution in [3.05, 3.63) is 5.28 Å². The second kappa shape index (κ2) is 4.32. The van der Waals surface area contributed by atoms with Gasteiger partial charge in [0.1, 0.15) is 0 Å². The quantitative estimate of drug-likeness (QED) is 0.789. The molecule has 0 aromatic carbocycles. The highest BCUT2D eigenvalue weighted by Crippen LogP contribution is 2.14. The molecule has 0 bridgehead atoms. The molecule has 5 nitrogen and oxygen atoms in total. The van der Waals surface area contributed by atoms with Crippen molar-refractivity contribution < 1.29 is 4.74 Å². The van der Waals surface area contributed by atoms with E-state index >= 15 is 0 Å². The highest BCUT2D eigenvalue weighted by molar-refractivity contribution is 6.28. The minimum absolute atomic E-state index is 0.0529. The van der Waals surface area contributed by atoms with E-state index < -0.39 is 5.54 Å². The normalized spacial score (nSPS) is 10.6. The van der Waals surface area contributed by atoms with E-state index in [0.29, 0.717) is 0 Å². The summed E-state index contributed by atoms with van der Waals surface area (Å²) < 4.78 is 4.85. The van der Waals surface area contributed by atoms with Crippen LogP contribution in [0, 0.1) is 12.3 Å². The number of rotatable bonds is 3. The average molecular weight is 227 g/mol. The van der Waals surface area contributed by atoms with Crippen molar-refractivity contribution >= 4 is 17.5 Å². The first kappa shape index (κ1) is 11.5.